The summed E-state index contributed by atoms with van der Waals surface area (Å²) in [5, 5.41) is 12.5. The minimum Gasteiger partial charge on any atom is -0.383 e. The van der Waals surface area contributed by atoms with Crippen LogP contribution in [0.5, 0.6) is 0 Å². The van der Waals surface area contributed by atoms with Gasteiger partial charge < -0.3 is 5.32 Å². The van der Waals surface area contributed by atoms with E-state index < -0.39 is 0 Å². The Bertz CT molecular complexity index is 355. The highest BCUT2D eigenvalue weighted by atomic mass is 35.5. The summed E-state index contributed by atoms with van der Waals surface area (Å²) in [7, 11) is 0. The van der Waals surface area contributed by atoms with E-state index in [0.29, 0.717) is 16.6 Å². The van der Waals surface area contributed by atoms with Crippen LogP contribution in [0.4, 0.5) is 5.69 Å². The predicted octanol–water partition coefficient (Wildman–Crippen LogP) is 3.42. The number of nitrogens with zero attached hydrogens (tertiary/aromatic N) is 1. The van der Waals surface area contributed by atoms with Gasteiger partial charge in [0.15, 0.2) is 0 Å². The summed E-state index contributed by atoms with van der Waals surface area (Å²) in [6, 6.07) is 7.83. The Kier molecular flexibility index (Phi) is 3.79. The molecule has 3 heteroatoms. The van der Waals surface area contributed by atoms with E-state index in [0.717, 1.165) is 12.1 Å². The summed E-state index contributed by atoms with van der Waals surface area (Å²) in [6.07, 6.45) is 1.05. The number of nitrogens with one attached hydrogen (secondary N) is 1. The normalized spacial score (nSPS) is 11.9. The molecule has 0 radical (unpaired) electrons. The zero-order valence-electron chi connectivity index (χ0n) is 8.34. The van der Waals surface area contributed by atoms with Gasteiger partial charge in [0.25, 0.3) is 0 Å². The van der Waals surface area contributed by atoms with Crippen molar-refractivity contribution in [1.29, 1.82) is 5.26 Å². The Balaban J connectivity index is 2.82. The highest BCUT2D eigenvalue weighted by Crippen LogP contribution is 2.20. The van der Waals surface area contributed by atoms with Crippen LogP contribution in [-0.2, 0) is 0 Å². The Morgan fingerprint density at radius 2 is 2.29 bits per heavy atom. The largest absolute Gasteiger partial charge is 0.383 e. The molecule has 14 heavy (non-hydrogen) atoms. The molecule has 0 saturated heterocycles. The second-order valence-electron chi connectivity index (χ2n) is 3.26. The van der Waals surface area contributed by atoms with E-state index in [1.807, 2.05) is 12.1 Å². The van der Waals surface area contributed by atoms with E-state index in [2.05, 4.69) is 19.2 Å². The molecule has 1 rings (SSSR count). The zero-order chi connectivity index (χ0) is 10.6. The average Bonchev–Trinajstić information content (AvgIpc) is 2.18. The molecular weight excluding hydrogens is 196 g/mol. The van der Waals surface area contributed by atoms with Gasteiger partial charge in [-0.3, -0.25) is 0 Å². The molecule has 0 aromatic heterocycles. The minimum atomic E-state index is 0.416. The quantitative estimate of drug-likeness (QED) is 0.826. The van der Waals surface area contributed by atoms with Crippen LogP contribution in [-0.4, -0.2) is 6.04 Å². The lowest BCUT2D eigenvalue weighted by Gasteiger charge is -2.13. The first-order valence-electron chi connectivity index (χ1n) is 4.63. The third-order valence-electron chi connectivity index (χ3n) is 2.11. The predicted molar refractivity (Wildman–Crippen MR) is 59.5 cm³/mol. The zero-order valence-corrected chi connectivity index (χ0v) is 9.10. The molecule has 1 atom stereocenters. The summed E-state index contributed by atoms with van der Waals surface area (Å²) in [6.45, 7) is 4.22. The van der Waals surface area contributed by atoms with E-state index in [4.69, 9.17) is 16.9 Å². The van der Waals surface area contributed by atoms with Gasteiger partial charge in [-0.2, -0.15) is 5.26 Å². The molecule has 0 aliphatic rings. The van der Waals surface area contributed by atoms with E-state index in [-0.39, 0.29) is 0 Å². The van der Waals surface area contributed by atoms with Crippen LogP contribution in [0.2, 0.25) is 5.02 Å². The first-order valence-corrected chi connectivity index (χ1v) is 5.01. The third kappa shape index (κ3) is 2.65. The topological polar surface area (TPSA) is 35.8 Å². The number of hydrogen-bond acceptors (Lipinski definition) is 2. The van der Waals surface area contributed by atoms with E-state index in [1.54, 1.807) is 12.1 Å². The van der Waals surface area contributed by atoms with E-state index in [1.165, 1.54) is 0 Å². The van der Waals surface area contributed by atoms with Crippen LogP contribution < -0.4 is 5.32 Å². The lowest BCUT2D eigenvalue weighted by Crippen LogP contribution is -2.13. The van der Waals surface area contributed by atoms with Crippen LogP contribution in [0.3, 0.4) is 0 Å². The van der Waals surface area contributed by atoms with Gasteiger partial charge in [0, 0.05) is 11.7 Å². The van der Waals surface area contributed by atoms with Crippen molar-refractivity contribution in [2.24, 2.45) is 0 Å². The van der Waals surface area contributed by atoms with Gasteiger partial charge in [0.2, 0.25) is 0 Å². The van der Waals surface area contributed by atoms with Gasteiger partial charge in [-0.15, -0.1) is 0 Å². The van der Waals surface area contributed by atoms with Gasteiger partial charge >= 0.3 is 0 Å². The number of rotatable bonds is 3. The van der Waals surface area contributed by atoms with Crippen LogP contribution in [0, 0.1) is 11.3 Å². The molecule has 74 valence electrons. The Morgan fingerprint density at radius 1 is 1.57 bits per heavy atom. The van der Waals surface area contributed by atoms with Gasteiger partial charge in [-0.25, -0.2) is 0 Å². The summed E-state index contributed by atoms with van der Waals surface area (Å²) in [5.41, 5.74) is 1.48. The highest BCUT2D eigenvalue weighted by Gasteiger charge is 2.02. The lowest BCUT2D eigenvalue weighted by molar-refractivity contribution is 0.764. The molecule has 0 aliphatic carbocycles. The lowest BCUT2D eigenvalue weighted by atomic mass is 10.2. The maximum absolute atomic E-state index is 8.68. The standard InChI is InChI=1S/C11H13ClN2/c1-3-8(2)14-10-5-4-9(7-13)11(12)6-10/h4-6,8,14H,3H2,1-2H3/t8-/m0/s1. The van der Waals surface area contributed by atoms with Crippen molar-refractivity contribution in [2.45, 2.75) is 26.3 Å². The van der Waals surface area contributed by atoms with Crippen molar-refractivity contribution >= 4 is 17.3 Å². The molecule has 1 N–H and O–H groups in total. The molecule has 2 nitrogen and oxygen atoms in total. The van der Waals surface area contributed by atoms with Crippen LogP contribution >= 0.6 is 11.6 Å². The first-order chi connectivity index (χ1) is 6.67. The van der Waals surface area contributed by atoms with Crippen LogP contribution in [0.1, 0.15) is 25.8 Å². The fraction of sp³-hybridized carbons (Fsp3) is 0.364. The summed E-state index contributed by atoms with van der Waals surface area (Å²) in [5.74, 6) is 0. The number of nitriles is 1. The second kappa shape index (κ2) is 4.88. The molecular formula is C11H13ClN2. The van der Waals surface area contributed by atoms with Gasteiger partial charge in [0.05, 0.1) is 10.6 Å². The first kappa shape index (κ1) is 10.9. The Labute approximate surface area is 89.5 Å². The molecule has 0 saturated carbocycles. The fourth-order valence-corrected chi connectivity index (χ4v) is 1.30. The van der Waals surface area contributed by atoms with Crippen LogP contribution in [0.15, 0.2) is 18.2 Å². The van der Waals surface area contributed by atoms with E-state index in [9.17, 15) is 0 Å². The van der Waals surface area contributed by atoms with Crippen molar-refractivity contribution in [3.63, 3.8) is 0 Å². The van der Waals surface area contributed by atoms with Crippen molar-refractivity contribution in [2.75, 3.05) is 5.32 Å². The van der Waals surface area contributed by atoms with Crippen molar-refractivity contribution in [1.82, 2.24) is 0 Å². The smallest absolute Gasteiger partial charge is 0.101 e. The SMILES string of the molecule is CC[C@H](C)Nc1ccc(C#N)c(Cl)c1. The monoisotopic (exact) mass is 208 g/mol. The fourth-order valence-electron chi connectivity index (χ4n) is 1.08. The number of halogens is 1. The number of benzene rings is 1. The van der Waals surface area contributed by atoms with Crippen molar-refractivity contribution in [3.05, 3.63) is 28.8 Å². The highest BCUT2D eigenvalue weighted by molar-refractivity contribution is 6.32. The van der Waals surface area contributed by atoms with Gasteiger partial charge in [-0.05, 0) is 31.5 Å². The molecule has 0 amide bonds. The molecule has 0 heterocycles. The second-order valence-corrected chi connectivity index (χ2v) is 3.67. The maximum Gasteiger partial charge on any atom is 0.101 e. The summed E-state index contributed by atoms with van der Waals surface area (Å²) < 4.78 is 0. The molecule has 0 unspecified atom stereocenters. The number of hydrogen-bond donors (Lipinski definition) is 1. The van der Waals surface area contributed by atoms with Crippen molar-refractivity contribution < 1.29 is 0 Å². The van der Waals surface area contributed by atoms with Gasteiger partial charge in [0.1, 0.15) is 6.07 Å². The van der Waals surface area contributed by atoms with E-state index >= 15 is 0 Å². The van der Waals surface area contributed by atoms with Crippen LogP contribution in [0.25, 0.3) is 0 Å². The summed E-state index contributed by atoms with van der Waals surface area (Å²) >= 11 is 5.89. The molecule has 0 bridgehead atoms. The molecule has 1 aromatic rings. The third-order valence-corrected chi connectivity index (χ3v) is 2.43. The Morgan fingerprint density at radius 3 is 2.79 bits per heavy atom. The van der Waals surface area contributed by atoms with Gasteiger partial charge in [-0.1, -0.05) is 18.5 Å². The number of anilines is 1. The molecule has 0 aliphatic heterocycles. The maximum atomic E-state index is 8.68. The minimum absolute atomic E-state index is 0.416. The average molecular weight is 209 g/mol. The Hall–Kier alpha value is -1.20. The molecule has 1 aromatic carbocycles. The summed E-state index contributed by atoms with van der Waals surface area (Å²) in [4.78, 5) is 0. The molecule has 0 fully saturated rings. The van der Waals surface area contributed by atoms with Crippen molar-refractivity contribution in [3.8, 4) is 6.07 Å². The molecule has 0 spiro atoms.